The summed E-state index contributed by atoms with van der Waals surface area (Å²) < 4.78 is 0. The number of ketones is 1. The number of hydrogen-bond acceptors (Lipinski definition) is 2. The normalized spacial score (nSPS) is 11.6. The van der Waals surface area contributed by atoms with E-state index >= 15 is 0 Å². The van der Waals surface area contributed by atoms with Gasteiger partial charge in [-0.1, -0.05) is 52.0 Å². The molecule has 0 saturated heterocycles. The van der Waals surface area contributed by atoms with Crippen LogP contribution in [0.3, 0.4) is 0 Å². The van der Waals surface area contributed by atoms with Crippen LogP contribution in [0.1, 0.15) is 49.4 Å². The van der Waals surface area contributed by atoms with Crippen molar-refractivity contribution in [2.45, 2.75) is 39.5 Å². The highest BCUT2D eigenvalue weighted by molar-refractivity contribution is 7.17. The number of hydrogen-bond donors (Lipinski definition) is 0. The van der Waals surface area contributed by atoms with Gasteiger partial charge in [0.1, 0.15) is 0 Å². The molecule has 0 unspecified atom stereocenters. The number of Topliss-reactive ketones (excluding diaryl/α,β-unsaturated/α-hetero) is 1. The molecule has 2 aromatic rings. The maximum absolute atomic E-state index is 11.8. The van der Waals surface area contributed by atoms with E-state index < -0.39 is 0 Å². The van der Waals surface area contributed by atoms with Crippen LogP contribution in [0.2, 0.25) is 0 Å². The molecule has 1 aromatic carbocycles. The van der Waals surface area contributed by atoms with Crippen LogP contribution in [0.15, 0.2) is 36.4 Å². The van der Waals surface area contributed by atoms with Crippen LogP contribution in [-0.4, -0.2) is 5.78 Å². The molecular weight excluding hydrogens is 252 g/mol. The Bertz CT molecular complexity index is 587. The molecule has 19 heavy (non-hydrogen) atoms. The summed E-state index contributed by atoms with van der Waals surface area (Å²) >= 11 is 1.60. The molecule has 0 aliphatic rings. The molecule has 0 aliphatic carbocycles. The second-order valence-corrected chi connectivity index (χ2v) is 6.82. The molecule has 1 nitrogen and oxygen atoms in total. The molecule has 0 amide bonds. The Balaban J connectivity index is 2.48. The minimum Gasteiger partial charge on any atom is -0.293 e. The Morgan fingerprint density at radius 2 is 1.79 bits per heavy atom. The van der Waals surface area contributed by atoms with Crippen molar-refractivity contribution in [1.82, 2.24) is 0 Å². The molecule has 0 aliphatic heterocycles. The van der Waals surface area contributed by atoms with Crippen molar-refractivity contribution in [3.8, 4) is 10.4 Å². The van der Waals surface area contributed by atoms with Crippen LogP contribution in [0, 0.1) is 0 Å². The SMILES string of the molecule is CCC(=O)c1ccc(-c2ccccc2C(C)(C)C)s1. The van der Waals surface area contributed by atoms with Gasteiger partial charge in [-0.15, -0.1) is 11.3 Å². The van der Waals surface area contributed by atoms with Crippen molar-refractivity contribution in [2.75, 3.05) is 0 Å². The van der Waals surface area contributed by atoms with Crippen molar-refractivity contribution < 1.29 is 4.79 Å². The molecule has 1 aromatic heterocycles. The van der Waals surface area contributed by atoms with Gasteiger partial charge in [-0.2, -0.15) is 0 Å². The molecule has 2 rings (SSSR count). The number of benzene rings is 1. The molecular formula is C17H20OS. The van der Waals surface area contributed by atoms with Gasteiger partial charge in [0.15, 0.2) is 5.78 Å². The van der Waals surface area contributed by atoms with E-state index in [1.165, 1.54) is 16.0 Å². The molecule has 0 bridgehead atoms. The Kier molecular flexibility index (Phi) is 3.91. The third-order valence-electron chi connectivity index (χ3n) is 3.20. The second-order valence-electron chi connectivity index (χ2n) is 5.74. The van der Waals surface area contributed by atoms with E-state index in [2.05, 4.69) is 51.1 Å². The summed E-state index contributed by atoms with van der Waals surface area (Å²) in [5, 5.41) is 0. The van der Waals surface area contributed by atoms with Crippen LogP contribution in [0.5, 0.6) is 0 Å². The van der Waals surface area contributed by atoms with E-state index in [0.29, 0.717) is 6.42 Å². The van der Waals surface area contributed by atoms with Crippen LogP contribution in [0.4, 0.5) is 0 Å². The lowest BCUT2D eigenvalue weighted by Crippen LogP contribution is -2.12. The van der Waals surface area contributed by atoms with E-state index in [9.17, 15) is 4.79 Å². The van der Waals surface area contributed by atoms with Gasteiger partial charge in [0, 0.05) is 11.3 Å². The fourth-order valence-electron chi connectivity index (χ4n) is 2.16. The highest BCUT2D eigenvalue weighted by atomic mass is 32.1. The lowest BCUT2D eigenvalue weighted by molar-refractivity contribution is 0.0992. The highest BCUT2D eigenvalue weighted by Gasteiger charge is 2.19. The van der Waals surface area contributed by atoms with Crippen LogP contribution in [-0.2, 0) is 5.41 Å². The monoisotopic (exact) mass is 272 g/mol. The molecule has 0 fully saturated rings. The Hall–Kier alpha value is -1.41. The van der Waals surface area contributed by atoms with Gasteiger partial charge < -0.3 is 0 Å². The van der Waals surface area contributed by atoms with E-state index in [1.807, 2.05) is 13.0 Å². The largest absolute Gasteiger partial charge is 0.293 e. The first-order chi connectivity index (χ1) is 8.93. The molecule has 2 heteroatoms. The predicted octanol–water partition coefficient (Wildman–Crippen LogP) is 5.31. The van der Waals surface area contributed by atoms with E-state index in [4.69, 9.17) is 0 Å². The summed E-state index contributed by atoms with van der Waals surface area (Å²) in [4.78, 5) is 13.8. The first-order valence-electron chi connectivity index (χ1n) is 6.66. The second kappa shape index (κ2) is 5.30. The lowest BCUT2D eigenvalue weighted by Gasteiger charge is -2.22. The fourth-order valence-corrected chi connectivity index (χ4v) is 3.21. The van der Waals surface area contributed by atoms with E-state index in [1.54, 1.807) is 11.3 Å². The smallest absolute Gasteiger partial charge is 0.172 e. The van der Waals surface area contributed by atoms with Gasteiger partial charge in [0.2, 0.25) is 0 Å². The van der Waals surface area contributed by atoms with Crippen molar-refractivity contribution >= 4 is 17.1 Å². The average Bonchev–Trinajstić information content (AvgIpc) is 2.86. The van der Waals surface area contributed by atoms with Crippen molar-refractivity contribution in [2.24, 2.45) is 0 Å². The summed E-state index contributed by atoms with van der Waals surface area (Å²) in [5.41, 5.74) is 2.68. The minimum absolute atomic E-state index is 0.107. The van der Waals surface area contributed by atoms with Crippen molar-refractivity contribution in [1.29, 1.82) is 0 Å². The molecule has 0 spiro atoms. The summed E-state index contributed by atoms with van der Waals surface area (Å²) in [6.45, 7) is 8.57. The standard InChI is InChI=1S/C17H20OS/c1-5-14(18)16-11-10-15(19-16)12-8-6-7-9-13(12)17(2,3)4/h6-11H,5H2,1-4H3. The molecule has 0 N–H and O–H groups in total. The number of rotatable bonds is 3. The Morgan fingerprint density at radius 1 is 1.11 bits per heavy atom. The first-order valence-corrected chi connectivity index (χ1v) is 7.48. The minimum atomic E-state index is 0.107. The molecule has 100 valence electrons. The number of carbonyl (C=O) groups excluding carboxylic acids is 1. The maximum atomic E-state index is 11.8. The van der Waals surface area contributed by atoms with Gasteiger partial charge in [-0.25, -0.2) is 0 Å². The summed E-state index contributed by atoms with van der Waals surface area (Å²) in [6, 6.07) is 12.5. The molecule has 0 radical (unpaired) electrons. The van der Waals surface area contributed by atoms with Gasteiger partial charge in [0.25, 0.3) is 0 Å². The van der Waals surface area contributed by atoms with Crippen LogP contribution < -0.4 is 0 Å². The topological polar surface area (TPSA) is 17.1 Å². The summed E-state index contributed by atoms with van der Waals surface area (Å²) in [5.74, 6) is 0.226. The van der Waals surface area contributed by atoms with Gasteiger partial charge >= 0.3 is 0 Å². The van der Waals surface area contributed by atoms with Gasteiger partial charge in [-0.3, -0.25) is 4.79 Å². The zero-order valence-electron chi connectivity index (χ0n) is 12.0. The van der Waals surface area contributed by atoms with Gasteiger partial charge in [-0.05, 0) is 28.7 Å². The van der Waals surface area contributed by atoms with Crippen LogP contribution >= 0.6 is 11.3 Å². The van der Waals surface area contributed by atoms with E-state index in [0.717, 1.165) is 4.88 Å². The maximum Gasteiger partial charge on any atom is 0.172 e. The Morgan fingerprint density at radius 3 is 2.42 bits per heavy atom. The third-order valence-corrected chi connectivity index (χ3v) is 4.36. The predicted molar refractivity (Wildman–Crippen MR) is 83.1 cm³/mol. The first kappa shape index (κ1) is 14.0. The van der Waals surface area contributed by atoms with Crippen molar-refractivity contribution in [3.05, 3.63) is 46.8 Å². The summed E-state index contributed by atoms with van der Waals surface area (Å²) in [6.07, 6.45) is 0.570. The molecule has 1 heterocycles. The Labute approximate surface area is 119 Å². The average molecular weight is 272 g/mol. The zero-order chi connectivity index (χ0) is 14.0. The highest BCUT2D eigenvalue weighted by Crippen LogP contribution is 2.36. The zero-order valence-corrected chi connectivity index (χ0v) is 12.8. The van der Waals surface area contributed by atoms with Gasteiger partial charge in [0.05, 0.1) is 4.88 Å². The molecule has 0 saturated carbocycles. The van der Waals surface area contributed by atoms with Crippen LogP contribution in [0.25, 0.3) is 10.4 Å². The fraction of sp³-hybridized carbons (Fsp3) is 0.353. The quantitative estimate of drug-likeness (QED) is 0.692. The number of carbonyl (C=O) groups is 1. The lowest BCUT2D eigenvalue weighted by atomic mass is 9.83. The number of thiophene rings is 1. The third kappa shape index (κ3) is 2.95. The summed E-state index contributed by atoms with van der Waals surface area (Å²) in [7, 11) is 0. The van der Waals surface area contributed by atoms with E-state index in [-0.39, 0.29) is 11.2 Å². The van der Waals surface area contributed by atoms with Crippen molar-refractivity contribution in [3.63, 3.8) is 0 Å². The molecule has 0 atom stereocenters.